The van der Waals surface area contributed by atoms with Gasteiger partial charge in [0.25, 0.3) is 0 Å². The molecule has 7 nitrogen and oxygen atoms in total. The highest BCUT2D eigenvalue weighted by molar-refractivity contribution is 5.63. The quantitative estimate of drug-likeness (QED) is 0.730. The highest BCUT2D eigenvalue weighted by atomic mass is 15.7. The third kappa shape index (κ3) is 3.05. The summed E-state index contributed by atoms with van der Waals surface area (Å²) in [7, 11) is 0. The van der Waals surface area contributed by atoms with Crippen LogP contribution in [0.1, 0.15) is 24.2 Å². The monoisotopic (exact) mass is 335 g/mol. The highest BCUT2D eigenvalue weighted by Gasteiger charge is 2.19. The van der Waals surface area contributed by atoms with Crippen molar-refractivity contribution in [2.75, 3.05) is 23.0 Å². The summed E-state index contributed by atoms with van der Waals surface area (Å²) in [6.45, 7) is 6.18. The summed E-state index contributed by atoms with van der Waals surface area (Å²) in [4.78, 5) is 17.2. The lowest BCUT2D eigenvalue weighted by Gasteiger charge is -2.26. The number of anilines is 3. The molecule has 0 radical (unpaired) electrons. The minimum Gasteiger partial charge on any atom is -0.370 e. The Morgan fingerprint density at radius 2 is 1.88 bits per heavy atom. The molecule has 0 spiro atoms. The molecule has 3 aromatic rings. The fourth-order valence-electron chi connectivity index (χ4n) is 3.25. The Morgan fingerprint density at radius 3 is 2.56 bits per heavy atom. The van der Waals surface area contributed by atoms with Crippen LogP contribution < -0.4 is 9.91 Å². The van der Waals surface area contributed by atoms with Crippen molar-refractivity contribution < 1.29 is 0 Å². The molecule has 7 heteroatoms. The van der Waals surface area contributed by atoms with Gasteiger partial charge >= 0.3 is 0 Å². The zero-order valence-electron chi connectivity index (χ0n) is 14.5. The first-order chi connectivity index (χ1) is 12.2. The molecule has 0 bridgehead atoms. The van der Waals surface area contributed by atoms with Crippen molar-refractivity contribution in [1.82, 2.24) is 24.8 Å². The molecule has 0 amide bonds. The van der Waals surface area contributed by atoms with Crippen molar-refractivity contribution in [3.8, 4) is 0 Å². The van der Waals surface area contributed by atoms with Crippen molar-refractivity contribution in [2.45, 2.75) is 26.7 Å². The molecular weight excluding hydrogens is 314 g/mol. The molecule has 4 rings (SSSR count). The Hall–Kier alpha value is -2.96. The number of aryl methyl sites for hydroxylation is 2. The predicted octanol–water partition coefficient (Wildman–Crippen LogP) is 2.89. The third-order valence-electron chi connectivity index (χ3n) is 4.38. The molecule has 1 aliphatic heterocycles. The second-order valence-corrected chi connectivity index (χ2v) is 6.29. The molecule has 0 unspecified atom stereocenters. The van der Waals surface area contributed by atoms with Gasteiger partial charge in [0, 0.05) is 25.4 Å². The van der Waals surface area contributed by atoms with E-state index in [1.807, 2.05) is 48.2 Å². The molecule has 1 saturated heterocycles. The van der Waals surface area contributed by atoms with Crippen LogP contribution in [0, 0.1) is 13.8 Å². The molecule has 4 heterocycles. The van der Waals surface area contributed by atoms with Crippen LogP contribution in [0.25, 0.3) is 0 Å². The van der Waals surface area contributed by atoms with Crippen molar-refractivity contribution >= 4 is 17.2 Å². The van der Waals surface area contributed by atoms with E-state index >= 15 is 0 Å². The lowest BCUT2D eigenvalue weighted by molar-refractivity contribution is 0.663. The van der Waals surface area contributed by atoms with Gasteiger partial charge < -0.3 is 4.90 Å². The summed E-state index contributed by atoms with van der Waals surface area (Å²) >= 11 is 0. The Bertz CT molecular complexity index is 853. The minimum atomic E-state index is 0.751. The van der Waals surface area contributed by atoms with Gasteiger partial charge in [-0.1, -0.05) is 0 Å². The fourth-order valence-corrected chi connectivity index (χ4v) is 3.25. The first kappa shape index (κ1) is 15.6. The summed E-state index contributed by atoms with van der Waals surface area (Å²) in [6.07, 6.45) is 9.52. The number of aromatic nitrogens is 5. The lowest BCUT2D eigenvalue weighted by atomic mass is 10.3. The van der Waals surface area contributed by atoms with E-state index < -0.39 is 0 Å². The molecule has 0 saturated carbocycles. The first-order valence-electron chi connectivity index (χ1n) is 8.52. The van der Waals surface area contributed by atoms with Crippen molar-refractivity contribution in [3.05, 3.63) is 54.5 Å². The number of rotatable bonds is 4. The normalized spacial score (nSPS) is 14.1. The molecule has 0 aliphatic carbocycles. The Labute approximate surface area is 146 Å². The van der Waals surface area contributed by atoms with Gasteiger partial charge in [0.1, 0.15) is 6.33 Å². The van der Waals surface area contributed by atoms with E-state index in [2.05, 4.69) is 31.0 Å². The summed E-state index contributed by atoms with van der Waals surface area (Å²) in [5, 5.41) is 6.60. The smallest absolute Gasteiger partial charge is 0.157 e. The average Bonchev–Trinajstić information content (AvgIpc) is 3.27. The van der Waals surface area contributed by atoms with Crippen LogP contribution in [-0.4, -0.2) is 37.9 Å². The Kier molecular flexibility index (Phi) is 4.05. The Balaban J connectivity index is 1.81. The number of nitrogens with zero attached hydrogens (tertiary/aromatic N) is 7. The molecule has 25 heavy (non-hydrogen) atoms. The maximum atomic E-state index is 4.63. The summed E-state index contributed by atoms with van der Waals surface area (Å²) in [6, 6.07) is 6.07. The van der Waals surface area contributed by atoms with E-state index in [-0.39, 0.29) is 0 Å². The molecular formula is C18H21N7. The van der Waals surface area contributed by atoms with Crippen molar-refractivity contribution in [2.24, 2.45) is 0 Å². The van der Waals surface area contributed by atoms with Crippen LogP contribution >= 0.6 is 0 Å². The number of hydrogen-bond donors (Lipinski definition) is 0. The maximum Gasteiger partial charge on any atom is 0.157 e. The van der Waals surface area contributed by atoms with E-state index in [0.29, 0.717) is 0 Å². The molecule has 0 atom stereocenters. The van der Waals surface area contributed by atoms with Gasteiger partial charge in [-0.2, -0.15) is 9.89 Å². The SMILES string of the molecule is Cc1cc(C)n(N(c2cncc(N3CCCC3)c2)c2ccncn2)n1. The highest BCUT2D eigenvalue weighted by Crippen LogP contribution is 2.29. The number of hydrogen-bond acceptors (Lipinski definition) is 6. The van der Waals surface area contributed by atoms with Gasteiger partial charge in [0.2, 0.25) is 0 Å². The molecule has 1 fully saturated rings. The van der Waals surface area contributed by atoms with Crippen molar-refractivity contribution in [3.63, 3.8) is 0 Å². The van der Waals surface area contributed by atoms with Gasteiger partial charge in [0.15, 0.2) is 5.82 Å². The van der Waals surface area contributed by atoms with Crippen LogP contribution in [0.3, 0.4) is 0 Å². The Morgan fingerprint density at radius 1 is 1.04 bits per heavy atom. The molecule has 0 aromatic carbocycles. The largest absolute Gasteiger partial charge is 0.370 e. The van der Waals surface area contributed by atoms with Crippen molar-refractivity contribution in [1.29, 1.82) is 0 Å². The standard InChI is InChI=1S/C18H21N7/c1-14-9-15(2)25(22-14)24(18-5-6-19-13-21-18)17-10-16(11-20-12-17)23-7-3-4-8-23/h5-6,9-13H,3-4,7-8H2,1-2H3. The fraction of sp³-hybridized carbons (Fsp3) is 0.333. The van der Waals surface area contributed by atoms with Gasteiger partial charge in [-0.15, -0.1) is 0 Å². The number of pyridine rings is 1. The molecule has 3 aromatic heterocycles. The van der Waals surface area contributed by atoms with Gasteiger partial charge in [-0.25, -0.2) is 15.0 Å². The summed E-state index contributed by atoms with van der Waals surface area (Å²) in [5.74, 6) is 0.751. The van der Waals surface area contributed by atoms with E-state index in [0.717, 1.165) is 41.7 Å². The summed E-state index contributed by atoms with van der Waals surface area (Å²) < 4.78 is 0. The second-order valence-electron chi connectivity index (χ2n) is 6.29. The van der Waals surface area contributed by atoms with E-state index in [1.54, 1.807) is 12.5 Å². The zero-order chi connectivity index (χ0) is 17.2. The maximum absolute atomic E-state index is 4.63. The third-order valence-corrected chi connectivity index (χ3v) is 4.38. The molecule has 0 N–H and O–H groups in total. The molecule has 1 aliphatic rings. The van der Waals surface area contributed by atoms with Crippen LogP contribution in [-0.2, 0) is 0 Å². The summed E-state index contributed by atoms with van der Waals surface area (Å²) in [5.41, 5.74) is 4.05. The van der Waals surface area contributed by atoms with Gasteiger partial charge in [-0.05, 0) is 38.8 Å². The first-order valence-corrected chi connectivity index (χ1v) is 8.52. The van der Waals surface area contributed by atoms with Crippen LogP contribution in [0.4, 0.5) is 17.2 Å². The second kappa shape index (κ2) is 6.51. The van der Waals surface area contributed by atoms with Gasteiger partial charge in [0.05, 0.1) is 35.2 Å². The average molecular weight is 335 g/mol. The zero-order valence-corrected chi connectivity index (χ0v) is 14.5. The van der Waals surface area contributed by atoms with E-state index in [1.165, 1.54) is 12.8 Å². The van der Waals surface area contributed by atoms with E-state index in [9.17, 15) is 0 Å². The lowest BCUT2D eigenvalue weighted by Crippen LogP contribution is -2.28. The minimum absolute atomic E-state index is 0.751. The molecule has 128 valence electrons. The topological polar surface area (TPSA) is 63.0 Å². The van der Waals surface area contributed by atoms with Gasteiger partial charge in [-0.3, -0.25) is 4.98 Å². The van der Waals surface area contributed by atoms with Crippen LogP contribution in [0.5, 0.6) is 0 Å². The van der Waals surface area contributed by atoms with E-state index in [4.69, 9.17) is 0 Å². The van der Waals surface area contributed by atoms with Crippen LogP contribution in [0.2, 0.25) is 0 Å². The van der Waals surface area contributed by atoms with Crippen LogP contribution in [0.15, 0.2) is 43.1 Å². The predicted molar refractivity (Wildman–Crippen MR) is 97.0 cm³/mol.